The molecule has 0 bridgehead atoms. The van der Waals surface area contributed by atoms with E-state index in [2.05, 4.69) is 10.3 Å². The van der Waals surface area contributed by atoms with E-state index in [1.54, 1.807) is 36.4 Å². The van der Waals surface area contributed by atoms with Gasteiger partial charge in [0.1, 0.15) is 5.75 Å². The maximum absolute atomic E-state index is 12.4. The summed E-state index contributed by atoms with van der Waals surface area (Å²) in [5, 5.41) is 10.5. The van der Waals surface area contributed by atoms with Gasteiger partial charge in [-0.3, -0.25) is 10.2 Å². The summed E-state index contributed by atoms with van der Waals surface area (Å²) in [4.78, 5) is 14.3. The minimum absolute atomic E-state index is 0.0344. The number of nitrogens with zero attached hydrogens (tertiary/aromatic N) is 1. The SMILES string of the molecule is C[C@H](Oc1ccc(C#N)cc1)C(=O)NNS(=O)(=O)c1ccc2ccccc2c1. The fraction of sp³-hybridized carbons (Fsp3) is 0.100. The van der Waals surface area contributed by atoms with Crippen molar-refractivity contribution in [1.29, 1.82) is 5.26 Å². The predicted molar refractivity (Wildman–Crippen MR) is 104 cm³/mol. The van der Waals surface area contributed by atoms with Crippen LogP contribution in [0.5, 0.6) is 5.75 Å². The van der Waals surface area contributed by atoms with Gasteiger partial charge in [0.2, 0.25) is 0 Å². The van der Waals surface area contributed by atoms with Gasteiger partial charge in [-0.15, -0.1) is 4.83 Å². The quantitative estimate of drug-likeness (QED) is 0.624. The zero-order valence-corrected chi connectivity index (χ0v) is 15.7. The van der Waals surface area contributed by atoms with Crippen LogP contribution < -0.4 is 15.0 Å². The Morgan fingerprint density at radius 2 is 1.71 bits per heavy atom. The second kappa shape index (κ2) is 8.08. The highest BCUT2D eigenvalue weighted by atomic mass is 32.2. The predicted octanol–water partition coefficient (Wildman–Crippen LogP) is 2.49. The first-order chi connectivity index (χ1) is 13.4. The Bertz CT molecular complexity index is 1150. The van der Waals surface area contributed by atoms with Crippen LogP contribution in [0.25, 0.3) is 10.8 Å². The molecule has 1 amide bonds. The number of fused-ring (bicyclic) bond motifs is 1. The van der Waals surface area contributed by atoms with E-state index in [0.717, 1.165) is 10.8 Å². The molecule has 28 heavy (non-hydrogen) atoms. The van der Waals surface area contributed by atoms with Crippen LogP contribution in [-0.2, 0) is 14.8 Å². The van der Waals surface area contributed by atoms with E-state index in [4.69, 9.17) is 10.00 Å². The van der Waals surface area contributed by atoms with Crippen molar-refractivity contribution in [2.75, 3.05) is 0 Å². The summed E-state index contributed by atoms with van der Waals surface area (Å²) in [5.41, 5.74) is 2.62. The van der Waals surface area contributed by atoms with E-state index in [0.29, 0.717) is 11.3 Å². The zero-order chi connectivity index (χ0) is 20.1. The molecule has 0 radical (unpaired) electrons. The summed E-state index contributed by atoms with van der Waals surface area (Å²) in [6, 6.07) is 20.3. The molecule has 0 aromatic heterocycles. The summed E-state index contributed by atoms with van der Waals surface area (Å²) in [7, 11) is -3.94. The molecule has 0 aliphatic carbocycles. The Kier molecular flexibility index (Phi) is 5.59. The summed E-state index contributed by atoms with van der Waals surface area (Å²) in [6.45, 7) is 1.48. The molecule has 0 aliphatic rings. The van der Waals surface area contributed by atoms with E-state index in [-0.39, 0.29) is 4.90 Å². The number of rotatable bonds is 6. The van der Waals surface area contributed by atoms with E-state index >= 15 is 0 Å². The van der Waals surface area contributed by atoms with Gasteiger partial charge in [0.05, 0.1) is 16.5 Å². The number of benzene rings is 3. The van der Waals surface area contributed by atoms with Gasteiger partial charge in [0, 0.05) is 0 Å². The Hall–Kier alpha value is -3.41. The highest BCUT2D eigenvalue weighted by molar-refractivity contribution is 7.89. The van der Waals surface area contributed by atoms with Crippen molar-refractivity contribution in [3.63, 3.8) is 0 Å². The van der Waals surface area contributed by atoms with Gasteiger partial charge in [-0.2, -0.15) is 5.26 Å². The normalized spacial score (nSPS) is 12.1. The van der Waals surface area contributed by atoms with Gasteiger partial charge in [0.15, 0.2) is 6.10 Å². The summed E-state index contributed by atoms with van der Waals surface area (Å²) < 4.78 is 30.3. The molecular weight excluding hydrogens is 378 g/mol. The second-order valence-electron chi connectivity index (χ2n) is 6.00. The van der Waals surface area contributed by atoms with E-state index in [1.807, 2.05) is 24.3 Å². The second-order valence-corrected chi connectivity index (χ2v) is 7.68. The lowest BCUT2D eigenvalue weighted by Crippen LogP contribution is -2.47. The average molecular weight is 395 g/mol. The van der Waals surface area contributed by atoms with Crippen LogP contribution in [0.15, 0.2) is 71.6 Å². The first kappa shape index (κ1) is 19.4. The van der Waals surface area contributed by atoms with Crippen LogP contribution >= 0.6 is 0 Å². The summed E-state index contributed by atoms with van der Waals surface area (Å²) in [6.07, 6.45) is -0.952. The largest absolute Gasteiger partial charge is 0.481 e. The molecule has 0 fully saturated rings. The first-order valence-corrected chi connectivity index (χ1v) is 9.85. The molecule has 1 atom stereocenters. The van der Waals surface area contributed by atoms with E-state index < -0.39 is 22.0 Å². The number of ether oxygens (including phenoxy) is 1. The van der Waals surface area contributed by atoms with Crippen molar-refractivity contribution in [2.24, 2.45) is 0 Å². The molecule has 8 heteroatoms. The minimum Gasteiger partial charge on any atom is -0.481 e. The van der Waals surface area contributed by atoms with Crippen LogP contribution in [0.2, 0.25) is 0 Å². The Balaban J connectivity index is 1.63. The highest BCUT2D eigenvalue weighted by Crippen LogP contribution is 2.18. The van der Waals surface area contributed by atoms with Gasteiger partial charge in [-0.1, -0.05) is 30.3 Å². The van der Waals surface area contributed by atoms with Crippen LogP contribution in [0.1, 0.15) is 12.5 Å². The molecule has 2 N–H and O–H groups in total. The fourth-order valence-electron chi connectivity index (χ4n) is 2.48. The first-order valence-electron chi connectivity index (χ1n) is 8.36. The summed E-state index contributed by atoms with van der Waals surface area (Å²) in [5.74, 6) is -0.271. The molecule has 0 spiro atoms. The lowest BCUT2D eigenvalue weighted by molar-refractivity contribution is -0.127. The zero-order valence-electron chi connectivity index (χ0n) is 14.9. The van der Waals surface area contributed by atoms with Crippen LogP contribution in [0, 0.1) is 11.3 Å². The lowest BCUT2D eigenvalue weighted by atomic mass is 10.1. The van der Waals surface area contributed by atoms with Crippen molar-refractivity contribution < 1.29 is 17.9 Å². The van der Waals surface area contributed by atoms with Crippen LogP contribution in [0.4, 0.5) is 0 Å². The number of hydrogen-bond donors (Lipinski definition) is 2. The molecule has 3 aromatic carbocycles. The molecule has 0 saturated carbocycles. The standard InChI is InChI=1S/C20H17N3O4S/c1-14(27-18-9-6-15(13-21)7-10-18)20(24)22-23-28(25,26)19-11-8-16-4-2-3-5-17(16)12-19/h2-12,14,23H,1H3,(H,22,24)/t14-/m0/s1. The topological polar surface area (TPSA) is 108 Å². The number of hydrogen-bond acceptors (Lipinski definition) is 5. The van der Waals surface area contributed by atoms with Crippen molar-refractivity contribution >= 4 is 26.7 Å². The van der Waals surface area contributed by atoms with Crippen molar-refractivity contribution in [1.82, 2.24) is 10.3 Å². The monoisotopic (exact) mass is 395 g/mol. The number of sulfonamides is 1. The number of carbonyl (C=O) groups is 1. The third-order valence-electron chi connectivity index (χ3n) is 4.01. The van der Waals surface area contributed by atoms with E-state index in [9.17, 15) is 13.2 Å². The number of carbonyl (C=O) groups excluding carboxylic acids is 1. The molecule has 142 valence electrons. The number of nitrogens with one attached hydrogen (secondary N) is 2. The van der Waals surface area contributed by atoms with Gasteiger partial charge in [-0.05, 0) is 54.1 Å². The Morgan fingerprint density at radius 1 is 1.04 bits per heavy atom. The van der Waals surface area contributed by atoms with Crippen LogP contribution in [0.3, 0.4) is 0 Å². The number of hydrazine groups is 1. The molecular formula is C20H17N3O4S. The molecule has 7 nitrogen and oxygen atoms in total. The third-order valence-corrected chi connectivity index (χ3v) is 5.25. The molecule has 3 rings (SSSR count). The summed E-state index contributed by atoms with van der Waals surface area (Å²) >= 11 is 0. The third kappa shape index (κ3) is 4.46. The average Bonchev–Trinajstić information content (AvgIpc) is 2.72. The maximum Gasteiger partial charge on any atom is 0.275 e. The van der Waals surface area contributed by atoms with Gasteiger partial charge >= 0.3 is 0 Å². The smallest absolute Gasteiger partial charge is 0.275 e. The lowest BCUT2D eigenvalue weighted by Gasteiger charge is -2.15. The molecule has 0 aliphatic heterocycles. The van der Waals surface area contributed by atoms with Crippen LogP contribution in [-0.4, -0.2) is 20.4 Å². The minimum atomic E-state index is -3.94. The maximum atomic E-state index is 12.4. The Morgan fingerprint density at radius 3 is 2.39 bits per heavy atom. The Labute approximate surface area is 162 Å². The van der Waals surface area contributed by atoms with Gasteiger partial charge in [-0.25, -0.2) is 8.42 Å². The fourth-order valence-corrected chi connectivity index (χ4v) is 3.36. The van der Waals surface area contributed by atoms with Gasteiger partial charge < -0.3 is 4.74 Å². The van der Waals surface area contributed by atoms with E-state index in [1.165, 1.54) is 19.1 Å². The highest BCUT2D eigenvalue weighted by Gasteiger charge is 2.19. The number of nitriles is 1. The van der Waals surface area contributed by atoms with Crippen molar-refractivity contribution in [2.45, 2.75) is 17.9 Å². The molecule has 0 heterocycles. The number of amides is 1. The molecule has 0 saturated heterocycles. The van der Waals surface area contributed by atoms with Gasteiger partial charge in [0.25, 0.3) is 15.9 Å². The molecule has 0 unspecified atom stereocenters. The van der Waals surface area contributed by atoms with Crippen molar-refractivity contribution in [3.8, 4) is 11.8 Å². The van der Waals surface area contributed by atoms with Crippen molar-refractivity contribution in [3.05, 3.63) is 72.3 Å². The molecule has 3 aromatic rings.